The van der Waals surface area contributed by atoms with Crippen LogP contribution in [-0.4, -0.2) is 39.3 Å². The van der Waals surface area contributed by atoms with Gasteiger partial charge in [0.05, 0.1) is 0 Å². The lowest BCUT2D eigenvalue weighted by Crippen LogP contribution is -2.41. The van der Waals surface area contributed by atoms with E-state index in [1.165, 1.54) is 21.5 Å². The van der Waals surface area contributed by atoms with E-state index in [1.807, 2.05) is 12.4 Å². The molecule has 2 nitrogen and oxygen atoms in total. The first-order valence-electron chi connectivity index (χ1n) is 11.0. The molecule has 0 saturated heterocycles. The van der Waals surface area contributed by atoms with E-state index >= 15 is 0 Å². The first-order valence-corrected chi connectivity index (χ1v) is 17.0. The fourth-order valence-electron chi connectivity index (χ4n) is 4.24. The van der Waals surface area contributed by atoms with Crippen LogP contribution in [0.5, 0.6) is 0 Å². The van der Waals surface area contributed by atoms with Crippen LogP contribution in [0.25, 0.3) is 0 Å². The van der Waals surface area contributed by atoms with Gasteiger partial charge in [0.25, 0.3) is 0 Å². The van der Waals surface area contributed by atoms with Gasteiger partial charge in [0.15, 0.2) is 10.9 Å². The third-order valence-electron chi connectivity index (χ3n) is 6.73. The van der Waals surface area contributed by atoms with Gasteiger partial charge in [0.1, 0.15) is 0 Å². The van der Waals surface area contributed by atoms with E-state index in [1.54, 1.807) is 0 Å². The average molecular weight is 463 g/mol. The van der Waals surface area contributed by atoms with Crippen LogP contribution in [0.4, 0.5) is 0 Å². The highest BCUT2D eigenvalue weighted by Gasteiger charge is 2.42. The minimum absolute atomic E-state index is 0.508. The summed E-state index contributed by atoms with van der Waals surface area (Å²) in [5, 5.41) is 2.76. The molecule has 30 heavy (non-hydrogen) atoms. The summed E-state index contributed by atoms with van der Waals surface area (Å²) in [6.07, 6.45) is 3.91. The molecule has 2 heterocycles. The molecule has 0 N–H and O–H groups in total. The van der Waals surface area contributed by atoms with E-state index in [2.05, 4.69) is 86.3 Å². The van der Waals surface area contributed by atoms with Crippen molar-refractivity contribution < 1.29 is 0 Å². The maximum Gasteiger partial charge on any atom is 0.161 e. The Kier molecular flexibility index (Phi) is 8.64. The quantitative estimate of drug-likeness (QED) is 0.353. The molecule has 5 heteroatoms. The van der Waals surface area contributed by atoms with Crippen molar-refractivity contribution in [1.82, 2.24) is 9.97 Å². The van der Waals surface area contributed by atoms with E-state index in [-0.39, 0.29) is 0 Å². The second-order valence-electron chi connectivity index (χ2n) is 9.49. The van der Waals surface area contributed by atoms with Gasteiger partial charge in [-0.3, -0.25) is 0 Å². The summed E-state index contributed by atoms with van der Waals surface area (Å²) in [4.78, 5) is 9.96. The summed E-state index contributed by atoms with van der Waals surface area (Å²) in [7, 11) is -3.88. The Labute approximate surface area is 188 Å². The fraction of sp³-hybridized carbons (Fsp3) is 0.520. The molecule has 0 aliphatic rings. The zero-order valence-electron chi connectivity index (χ0n) is 20.4. The molecule has 0 fully saturated rings. The van der Waals surface area contributed by atoms with E-state index in [4.69, 9.17) is 23.3 Å². The maximum atomic E-state index is 4.98. The monoisotopic (exact) mass is 462 g/mol. The van der Waals surface area contributed by atoms with Gasteiger partial charge in [0.2, 0.25) is 0 Å². The Hall–Kier alpha value is -0.410. The van der Waals surface area contributed by atoms with Gasteiger partial charge in [0, 0.05) is 45.6 Å². The number of hydrogen-bond donors (Lipinski definition) is 0. The predicted molar refractivity (Wildman–Crippen MR) is 145 cm³/mol. The van der Waals surface area contributed by atoms with Gasteiger partial charge in [-0.05, 0) is 94.2 Å². The number of hydrogen-bond acceptors (Lipinski definition) is 2. The van der Waals surface area contributed by atoms with Crippen molar-refractivity contribution in [3.8, 4) is 0 Å². The molecule has 0 amide bonds. The molecule has 2 rings (SSSR count). The van der Waals surface area contributed by atoms with Crippen molar-refractivity contribution in [2.45, 2.75) is 78.0 Å². The third-order valence-corrected chi connectivity index (χ3v) is 18.9. The number of nitrogens with zero attached hydrogens (tertiary/aromatic N) is 2. The van der Waals surface area contributed by atoms with E-state index < -0.39 is 22.4 Å². The first-order chi connectivity index (χ1) is 13.9. The highest BCUT2D eigenvalue weighted by molar-refractivity contribution is 7.89. The minimum atomic E-state index is -1.64. The Bertz CT molecular complexity index is 760. The third kappa shape index (κ3) is 4.53. The summed E-state index contributed by atoms with van der Waals surface area (Å²) in [5.74, 6) is 0. The molecule has 0 unspecified atom stereocenters. The van der Waals surface area contributed by atoms with E-state index in [0.29, 0.717) is 22.6 Å². The van der Waals surface area contributed by atoms with Crippen LogP contribution in [0.1, 0.15) is 55.4 Å². The highest BCUT2D eigenvalue weighted by atomic mass is 31.2. The SMILES string of the molecule is [CH2-][P+](c1ncccc1P(C)c1cccnc1[P+]([CH2-])(C(C)C)C(C)C)(C(C)C)C(C)C. The summed E-state index contributed by atoms with van der Waals surface area (Å²) in [5.41, 5.74) is 4.56. The van der Waals surface area contributed by atoms with Crippen LogP contribution in [0.2, 0.25) is 0 Å². The van der Waals surface area contributed by atoms with Crippen molar-refractivity contribution in [3.63, 3.8) is 0 Å². The lowest BCUT2D eigenvalue weighted by atomic mass is 10.5. The van der Waals surface area contributed by atoms with Crippen LogP contribution < -0.4 is 21.5 Å². The van der Waals surface area contributed by atoms with Crippen molar-refractivity contribution in [2.24, 2.45) is 0 Å². The molecule has 0 aliphatic carbocycles. The number of pyridine rings is 2. The topological polar surface area (TPSA) is 25.8 Å². The van der Waals surface area contributed by atoms with Gasteiger partial charge in [-0.1, -0.05) is 14.5 Å². The zero-order valence-corrected chi connectivity index (χ0v) is 23.1. The van der Waals surface area contributed by atoms with Crippen LogP contribution in [0, 0.1) is 13.3 Å². The van der Waals surface area contributed by atoms with Crippen molar-refractivity contribution in [2.75, 3.05) is 6.66 Å². The molecule has 2 aromatic heterocycles. The largest absolute Gasteiger partial charge is 0.224 e. The summed E-state index contributed by atoms with van der Waals surface area (Å²) < 4.78 is 0. The van der Waals surface area contributed by atoms with E-state index in [9.17, 15) is 0 Å². The Balaban J connectivity index is 2.73. The lowest BCUT2D eigenvalue weighted by Gasteiger charge is -2.40. The van der Waals surface area contributed by atoms with Crippen molar-refractivity contribution in [1.29, 1.82) is 0 Å². The molecule has 0 aliphatic heterocycles. The summed E-state index contributed by atoms with van der Waals surface area (Å²) in [6.45, 7) is 30.6. The van der Waals surface area contributed by atoms with Crippen LogP contribution in [0.15, 0.2) is 36.7 Å². The molecule has 0 radical (unpaired) electrons. The van der Waals surface area contributed by atoms with E-state index in [0.717, 1.165) is 0 Å². The maximum absolute atomic E-state index is 4.98. The smallest absolute Gasteiger partial charge is 0.161 e. The molecule has 2 aromatic rings. The summed E-state index contributed by atoms with van der Waals surface area (Å²) >= 11 is 0. The number of aromatic nitrogens is 2. The summed E-state index contributed by atoms with van der Waals surface area (Å²) in [6, 6.07) is 8.78. The van der Waals surface area contributed by atoms with Crippen LogP contribution in [-0.2, 0) is 0 Å². The Morgan fingerprint density at radius 3 is 1.23 bits per heavy atom. The standard InChI is InChI=1S/C25H41N2P3/c1-18(2)29(10,19(3)4)24-22(14-12-16-26-24)28(9)23-15-13-17-27-25(23)30(11,20(5)6)21(7)8/h12-21H,10-11H2,1-9H3. The van der Waals surface area contributed by atoms with Gasteiger partial charge >= 0.3 is 0 Å². The molecule has 0 aromatic carbocycles. The molecule has 0 saturated carbocycles. The molecular weight excluding hydrogens is 421 g/mol. The average Bonchev–Trinajstić information content (AvgIpc) is 2.71. The van der Waals surface area contributed by atoms with Crippen LogP contribution >= 0.6 is 22.4 Å². The second-order valence-corrected chi connectivity index (χ2v) is 20.3. The predicted octanol–water partition coefficient (Wildman–Crippen LogP) is 6.04. The molecule has 0 bridgehead atoms. The van der Waals surface area contributed by atoms with Crippen molar-refractivity contribution >= 4 is 43.9 Å². The molecule has 166 valence electrons. The molecule has 0 atom stereocenters. The van der Waals surface area contributed by atoms with Gasteiger partial charge < -0.3 is 0 Å². The number of rotatable bonds is 8. The van der Waals surface area contributed by atoms with Gasteiger partial charge in [-0.25, -0.2) is 9.97 Å². The van der Waals surface area contributed by atoms with Crippen LogP contribution in [0.3, 0.4) is 0 Å². The molecular formula is C25H41N2P3. The Morgan fingerprint density at radius 2 is 0.967 bits per heavy atom. The molecule has 0 spiro atoms. The van der Waals surface area contributed by atoms with Gasteiger partial charge in [-0.15, -0.1) is 0 Å². The zero-order chi connectivity index (χ0) is 22.9. The second kappa shape index (κ2) is 10.0. The van der Waals surface area contributed by atoms with Gasteiger partial charge in [-0.2, -0.15) is 13.3 Å². The first kappa shape index (κ1) is 25.8. The lowest BCUT2D eigenvalue weighted by molar-refractivity contribution is 1.000. The Morgan fingerprint density at radius 1 is 0.667 bits per heavy atom. The normalized spacial score (nSPS) is 13.3. The fourth-order valence-corrected chi connectivity index (χ4v) is 13.8. The minimum Gasteiger partial charge on any atom is -0.224 e. The van der Waals surface area contributed by atoms with Crippen molar-refractivity contribution in [3.05, 3.63) is 50.0 Å². The highest BCUT2D eigenvalue weighted by Crippen LogP contribution is 2.65.